The molecule has 1 N–H and O–H groups in total. The van der Waals surface area contributed by atoms with E-state index in [1.165, 1.54) is 7.11 Å². The predicted octanol–water partition coefficient (Wildman–Crippen LogP) is 5.85. The lowest BCUT2D eigenvalue weighted by Crippen LogP contribution is -2.28. The zero-order chi connectivity index (χ0) is 25.8. The first kappa shape index (κ1) is 25.7. The highest BCUT2D eigenvalue weighted by molar-refractivity contribution is 6.11. The zero-order valence-corrected chi connectivity index (χ0v) is 20.8. The van der Waals surface area contributed by atoms with Crippen LogP contribution in [0.4, 0.5) is 10.5 Å². The third-order valence-electron chi connectivity index (χ3n) is 4.85. The van der Waals surface area contributed by atoms with Crippen molar-refractivity contribution in [1.82, 2.24) is 4.98 Å². The second-order valence-corrected chi connectivity index (χ2v) is 9.44. The van der Waals surface area contributed by atoms with Crippen LogP contribution >= 0.6 is 0 Å². The lowest BCUT2D eigenvalue weighted by molar-refractivity contribution is 0.0451. The summed E-state index contributed by atoms with van der Waals surface area (Å²) in [6.07, 6.45) is -0.700. The number of carbonyl (C=O) groups excluding carboxylic acids is 3. The van der Waals surface area contributed by atoms with Crippen LogP contribution in [0.3, 0.4) is 0 Å². The summed E-state index contributed by atoms with van der Waals surface area (Å²) in [5, 5.41) is 4.07. The summed E-state index contributed by atoms with van der Waals surface area (Å²) in [6.45, 7) is 9.46. The molecule has 0 atom stereocenters. The number of nitrogens with zero attached hydrogens (tertiary/aromatic N) is 1. The molecule has 0 fully saturated rings. The Morgan fingerprint density at radius 1 is 1.00 bits per heavy atom. The van der Waals surface area contributed by atoms with E-state index in [1.54, 1.807) is 57.2 Å². The SMILES string of the molecule is COC(=O)c1ccc2ccc(-c3cccc(C(=O)OCC(C)C)n3)cc2c1NC(=O)OC(C)(C)C. The van der Waals surface area contributed by atoms with E-state index in [0.717, 1.165) is 5.39 Å². The summed E-state index contributed by atoms with van der Waals surface area (Å²) >= 11 is 0. The van der Waals surface area contributed by atoms with Crippen molar-refractivity contribution in [3.8, 4) is 11.3 Å². The van der Waals surface area contributed by atoms with Gasteiger partial charge in [-0.3, -0.25) is 5.32 Å². The maximum absolute atomic E-state index is 12.6. The van der Waals surface area contributed by atoms with E-state index < -0.39 is 23.6 Å². The molecule has 8 heteroatoms. The van der Waals surface area contributed by atoms with Gasteiger partial charge in [0.1, 0.15) is 11.3 Å². The first-order valence-corrected chi connectivity index (χ1v) is 11.3. The summed E-state index contributed by atoms with van der Waals surface area (Å²) in [6, 6.07) is 13.9. The second kappa shape index (κ2) is 10.5. The fourth-order valence-corrected chi connectivity index (χ4v) is 3.32. The maximum atomic E-state index is 12.6. The van der Waals surface area contributed by atoms with Gasteiger partial charge in [-0.05, 0) is 56.3 Å². The molecule has 0 bridgehead atoms. The third kappa shape index (κ3) is 6.56. The third-order valence-corrected chi connectivity index (χ3v) is 4.85. The molecule has 0 aliphatic heterocycles. The molecule has 184 valence electrons. The molecule has 3 aromatic rings. The molecule has 0 aliphatic carbocycles. The Hall–Kier alpha value is -3.94. The quantitative estimate of drug-likeness (QED) is 0.350. The van der Waals surface area contributed by atoms with Crippen molar-refractivity contribution in [2.75, 3.05) is 19.0 Å². The van der Waals surface area contributed by atoms with Crippen LogP contribution in [0, 0.1) is 5.92 Å². The van der Waals surface area contributed by atoms with Gasteiger partial charge in [-0.1, -0.05) is 38.1 Å². The highest BCUT2D eigenvalue weighted by atomic mass is 16.6. The molecular formula is C27H30N2O6. The standard InChI is InChI=1S/C27H30N2O6/c1-16(2)15-34-25(31)22-9-7-8-21(28-22)18-11-10-17-12-13-19(24(30)33-6)23(20(17)14-18)29-26(32)35-27(3,4)5/h7-14,16H,15H2,1-6H3,(H,29,32). The molecule has 3 rings (SSSR count). The van der Waals surface area contributed by atoms with Gasteiger partial charge in [0.15, 0.2) is 0 Å². The molecule has 0 saturated heterocycles. The van der Waals surface area contributed by atoms with Crippen molar-refractivity contribution in [2.45, 2.75) is 40.2 Å². The van der Waals surface area contributed by atoms with Crippen molar-refractivity contribution < 1.29 is 28.6 Å². The first-order chi connectivity index (χ1) is 16.5. The van der Waals surface area contributed by atoms with Crippen LogP contribution in [0.2, 0.25) is 0 Å². The number of esters is 2. The number of ether oxygens (including phenoxy) is 3. The Labute approximate surface area is 204 Å². The lowest BCUT2D eigenvalue weighted by Gasteiger charge is -2.21. The zero-order valence-electron chi connectivity index (χ0n) is 20.8. The van der Waals surface area contributed by atoms with Crippen LogP contribution in [-0.2, 0) is 14.2 Å². The number of carbonyl (C=O) groups is 3. The van der Waals surface area contributed by atoms with Crippen molar-refractivity contribution in [3.63, 3.8) is 0 Å². The van der Waals surface area contributed by atoms with E-state index in [2.05, 4.69) is 10.3 Å². The number of amides is 1. The molecule has 0 saturated carbocycles. The number of hydrogen-bond acceptors (Lipinski definition) is 7. The lowest BCUT2D eigenvalue weighted by atomic mass is 10.00. The monoisotopic (exact) mass is 478 g/mol. The summed E-state index contributed by atoms with van der Waals surface area (Å²) < 4.78 is 15.6. The molecule has 0 unspecified atom stereocenters. The summed E-state index contributed by atoms with van der Waals surface area (Å²) in [5.41, 5.74) is 1.14. The van der Waals surface area contributed by atoms with Crippen LogP contribution in [0.5, 0.6) is 0 Å². The number of fused-ring (bicyclic) bond motifs is 1. The molecule has 35 heavy (non-hydrogen) atoms. The fraction of sp³-hybridized carbons (Fsp3) is 0.333. The Kier molecular flexibility index (Phi) is 7.74. The van der Waals surface area contributed by atoms with E-state index in [1.807, 2.05) is 26.0 Å². The van der Waals surface area contributed by atoms with Crippen molar-refractivity contribution in [1.29, 1.82) is 0 Å². The number of pyridine rings is 1. The highest BCUT2D eigenvalue weighted by Gasteiger charge is 2.22. The molecule has 0 aliphatic rings. The normalized spacial score (nSPS) is 11.3. The number of methoxy groups -OCH3 is 1. The van der Waals surface area contributed by atoms with Crippen molar-refractivity contribution in [2.24, 2.45) is 5.92 Å². The number of nitrogens with one attached hydrogen (secondary N) is 1. The number of hydrogen-bond donors (Lipinski definition) is 1. The Bertz CT molecular complexity index is 1260. The minimum Gasteiger partial charge on any atom is -0.465 e. The number of anilines is 1. The fourth-order valence-electron chi connectivity index (χ4n) is 3.32. The van der Waals surface area contributed by atoms with Gasteiger partial charge in [-0.25, -0.2) is 19.4 Å². The van der Waals surface area contributed by atoms with E-state index in [-0.39, 0.29) is 22.9 Å². The number of benzene rings is 2. The summed E-state index contributed by atoms with van der Waals surface area (Å²) in [5.74, 6) is -0.888. The van der Waals surface area contributed by atoms with Gasteiger partial charge in [0.05, 0.1) is 30.7 Å². The van der Waals surface area contributed by atoms with Crippen LogP contribution in [0.15, 0.2) is 48.5 Å². The van der Waals surface area contributed by atoms with Gasteiger partial charge >= 0.3 is 18.0 Å². The van der Waals surface area contributed by atoms with Crippen LogP contribution < -0.4 is 5.32 Å². The smallest absolute Gasteiger partial charge is 0.412 e. The van der Waals surface area contributed by atoms with E-state index in [0.29, 0.717) is 23.3 Å². The van der Waals surface area contributed by atoms with E-state index in [9.17, 15) is 14.4 Å². The van der Waals surface area contributed by atoms with Crippen molar-refractivity contribution >= 4 is 34.5 Å². The first-order valence-electron chi connectivity index (χ1n) is 11.3. The largest absolute Gasteiger partial charge is 0.465 e. The van der Waals surface area contributed by atoms with Crippen LogP contribution in [0.25, 0.3) is 22.0 Å². The van der Waals surface area contributed by atoms with E-state index >= 15 is 0 Å². The van der Waals surface area contributed by atoms with Gasteiger partial charge in [-0.2, -0.15) is 0 Å². The van der Waals surface area contributed by atoms with Gasteiger partial charge < -0.3 is 14.2 Å². The minimum absolute atomic E-state index is 0.182. The Balaban J connectivity index is 2.07. The summed E-state index contributed by atoms with van der Waals surface area (Å²) in [4.78, 5) is 41.9. The van der Waals surface area contributed by atoms with Gasteiger partial charge in [0.25, 0.3) is 0 Å². The molecule has 0 radical (unpaired) electrons. The molecule has 8 nitrogen and oxygen atoms in total. The highest BCUT2D eigenvalue weighted by Crippen LogP contribution is 2.32. The molecule has 1 amide bonds. The van der Waals surface area contributed by atoms with E-state index in [4.69, 9.17) is 14.2 Å². The Morgan fingerprint density at radius 2 is 1.71 bits per heavy atom. The number of rotatable bonds is 6. The van der Waals surface area contributed by atoms with Gasteiger partial charge in [-0.15, -0.1) is 0 Å². The average molecular weight is 479 g/mol. The molecule has 0 spiro atoms. The average Bonchev–Trinajstić information content (AvgIpc) is 2.80. The van der Waals surface area contributed by atoms with Crippen LogP contribution in [-0.4, -0.2) is 42.3 Å². The van der Waals surface area contributed by atoms with Crippen molar-refractivity contribution in [3.05, 3.63) is 59.8 Å². The maximum Gasteiger partial charge on any atom is 0.412 e. The Morgan fingerprint density at radius 3 is 2.37 bits per heavy atom. The summed E-state index contributed by atoms with van der Waals surface area (Å²) in [7, 11) is 1.27. The molecular weight excluding hydrogens is 448 g/mol. The van der Waals surface area contributed by atoms with Gasteiger partial charge in [0.2, 0.25) is 0 Å². The topological polar surface area (TPSA) is 104 Å². The molecule has 2 aromatic carbocycles. The molecule has 1 heterocycles. The molecule has 1 aromatic heterocycles. The second-order valence-electron chi connectivity index (χ2n) is 9.44. The predicted molar refractivity (Wildman–Crippen MR) is 133 cm³/mol. The minimum atomic E-state index is -0.722. The van der Waals surface area contributed by atoms with Gasteiger partial charge in [0, 0.05) is 10.9 Å². The van der Waals surface area contributed by atoms with Crippen LogP contribution in [0.1, 0.15) is 55.5 Å². The number of aromatic nitrogens is 1.